The zero-order valence-electron chi connectivity index (χ0n) is 11.1. The van der Waals surface area contributed by atoms with Crippen LogP contribution >= 0.6 is 0 Å². The minimum absolute atomic E-state index is 0.0737. The molecule has 0 aromatic heterocycles. The average Bonchev–Trinajstić information content (AvgIpc) is 3.28. The van der Waals surface area contributed by atoms with E-state index in [0.717, 1.165) is 25.8 Å². The second-order valence-corrected chi connectivity index (χ2v) is 5.42. The molecule has 0 spiro atoms. The molecule has 3 nitrogen and oxygen atoms in total. The summed E-state index contributed by atoms with van der Waals surface area (Å²) in [5.74, 6) is 0.233. The third-order valence-corrected chi connectivity index (χ3v) is 3.98. The van der Waals surface area contributed by atoms with E-state index in [1.165, 1.54) is 11.1 Å². The molecule has 1 atom stereocenters. The van der Waals surface area contributed by atoms with E-state index in [2.05, 4.69) is 30.1 Å². The highest BCUT2D eigenvalue weighted by atomic mass is 16.2. The van der Waals surface area contributed by atoms with E-state index in [4.69, 9.17) is 0 Å². The maximum Gasteiger partial charge on any atom is 0.240 e. The third kappa shape index (κ3) is 2.56. The number of rotatable bonds is 4. The van der Waals surface area contributed by atoms with E-state index in [1.54, 1.807) is 0 Å². The van der Waals surface area contributed by atoms with Gasteiger partial charge in [0.25, 0.3) is 0 Å². The summed E-state index contributed by atoms with van der Waals surface area (Å²) in [6.45, 7) is 5.22. The monoisotopic (exact) mass is 256 g/mol. The Balaban J connectivity index is 1.73. The smallest absolute Gasteiger partial charge is 0.240 e. The number of fused-ring (bicyclic) bond motifs is 1. The molecule has 100 valence electrons. The van der Waals surface area contributed by atoms with E-state index in [-0.39, 0.29) is 11.9 Å². The van der Waals surface area contributed by atoms with E-state index in [1.807, 2.05) is 17.0 Å². The Labute approximate surface area is 114 Å². The molecule has 2 aliphatic rings. The van der Waals surface area contributed by atoms with Gasteiger partial charge in [-0.3, -0.25) is 4.79 Å². The lowest BCUT2D eigenvalue weighted by Gasteiger charge is -2.30. The maximum atomic E-state index is 12.6. The zero-order chi connectivity index (χ0) is 13.2. The van der Waals surface area contributed by atoms with Crippen molar-refractivity contribution in [3.63, 3.8) is 0 Å². The maximum absolute atomic E-state index is 12.6. The summed E-state index contributed by atoms with van der Waals surface area (Å²) in [5, 5.41) is 3.37. The van der Waals surface area contributed by atoms with Gasteiger partial charge in [-0.2, -0.15) is 0 Å². The van der Waals surface area contributed by atoms with Gasteiger partial charge in [-0.25, -0.2) is 0 Å². The number of carbonyl (C=O) groups is 1. The van der Waals surface area contributed by atoms with Crippen molar-refractivity contribution in [1.82, 2.24) is 10.2 Å². The average molecular weight is 256 g/mol. The Morgan fingerprint density at radius 2 is 2.11 bits per heavy atom. The highest BCUT2D eigenvalue weighted by molar-refractivity contribution is 5.83. The fourth-order valence-corrected chi connectivity index (χ4v) is 2.77. The summed E-state index contributed by atoms with van der Waals surface area (Å²) in [5.41, 5.74) is 2.61. The molecule has 1 heterocycles. The molecule has 1 fully saturated rings. The van der Waals surface area contributed by atoms with Crippen LogP contribution < -0.4 is 5.32 Å². The minimum atomic E-state index is -0.0737. The van der Waals surface area contributed by atoms with Crippen LogP contribution in [0.4, 0.5) is 0 Å². The van der Waals surface area contributed by atoms with Crippen LogP contribution in [0, 0.1) is 0 Å². The fraction of sp³-hybridized carbons (Fsp3) is 0.438. The molecule has 3 heteroatoms. The van der Waals surface area contributed by atoms with E-state index < -0.39 is 0 Å². The minimum Gasteiger partial charge on any atom is -0.335 e. The predicted molar refractivity (Wildman–Crippen MR) is 75.7 cm³/mol. The normalized spacial score (nSPS) is 21.6. The van der Waals surface area contributed by atoms with Crippen LogP contribution in [0.15, 0.2) is 36.9 Å². The van der Waals surface area contributed by atoms with Crippen LogP contribution in [-0.4, -0.2) is 29.4 Å². The van der Waals surface area contributed by atoms with Gasteiger partial charge in [0, 0.05) is 19.1 Å². The Hall–Kier alpha value is -1.61. The van der Waals surface area contributed by atoms with Gasteiger partial charge in [0.1, 0.15) is 0 Å². The topological polar surface area (TPSA) is 32.3 Å². The SMILES string of the molecule is C=CCN(C(=O)C1Cc2ccccc2CN1)C1CC1. The van der Waals surface area contributed by atoms with Crippen LogP contribution in [0.3, 0.4) is 0 Å². The summed E-state index contributed by atoms with van der Waals surface area (Å²) in [7, 11) is 0. The molecule has 3 rings (SSSR count). The number of amides is 1. The molecule has 1 N–H and O–H groups in total. The molecule has 0 radical (unpaired) electrons. The van der Waals surface area contributed by atoms with Crippen LogP contribution in [0.1, 0.15) is 24.0 Å². The van der Waals surface area contributed by atoms with Crippen molar-refractivity contribution < 1.29 is 4.79 Å². The van der Waals surface area contributed by atoms with E-state index in [9.17, 15) is 4.79 Å². The van der Waals surface area contributed by atoms with Crippen LogP contribution in [0.5, 0.6) is 0 Å². The first-order valence-electron chi connectivity index (χ1n) is 7.01. The second kappa shape index (κ2) is 5.17. The third-order valence-electron chi connectivity index (χ3n) is 3.98. The Morgan fingerprint density at radius 3 is 2.79 bits per heavy atom. The molecule has 1 aliphatic carbocycles. The summed E-state index contributed by atoms with van der Waals surface area (Å²) >= 11 is 0. The van der Waals surface area contributed by atoms with Gasteiger partial charge in [-0.15, -0.1) is 6.58 Å². The summed E-state index contributed by atoms with van der Waals surface area (Å²) < 4.78 is 0. The van der Waals surface area contributed by atoms with Crippen molar-refractivity contribution >= 4 is 5.91 Å². The molecule has 0 bridgehead atoms. The molecule has 1 aromatic rings. The van der Waals surface area contributed by atoms with Gasteiger partial charge in [-0.1, -0.05) is 30.3 Å². The summed E-state index contributed by atoms with van der Waals surface area (Å²) in [4.78, 5) is 14.6. The Kier molecular flexibility index (Phi) is 3.38. The second-order valence-electron chi connectivity index (χ2n) is 5.42. The van der Waals surface area contributed by atoms with Gasteiger partial charge in [0.2, 0.25) is 5.91 Å². The number of benzene rings is 1. The van der Waals surface area contributed by atoms with Crippen molar-refractivity contribution in [1.29, 1.82) is 0 Å². The Bertz CT molecular complexity index is 493. The van der Waals surface area contributed by atoms with Crippen molar-refractivity contribution in [2.45, 2.75) is 37.9 Å². The quantitative estimate of drug-likeness (QED) is 0.834. The number of hydrogen-bond donors (Lipinski definition) is 1. The van der Waals surface area contributed by atoms with Gasteiger partial charge in [0.05, 0.1) is 6.04 Å². The number of hydrogen-bond acceptors (Lipinski definition) is 2. The fourth-order valence-electron chi connectivity index (χ4n) is 2.77. The lowest BCUT2D eigenvalue weighted by Crippen LogP contribution is -2.50. The van der Waals surface area contributed by atoms with Crippen molar-refractivity contribution in [3.8, 4) is 0 Å². The van der Waals surface area contributed by atoms with Crippen molar-refractivity contribution in [2.75, 3.05) is 6.54 Å². The molecular formula is C16H20N2O. The first-order chi connectivity index (χ1) is 9.29. The first kappa shape index (κ1) is 12.4. The number of nitrogens with one attached hydrogen (secondary N) is 1. The lowest BCUT2D eigenvalue weighted by molar-refractivity contribution is -0.133. The van der Waals surface area contributed by atoms with Crippen molar-refractivity contribution in [3.05, 3.63) is 48.0 Å². The largest absolute Gasteiger partial charge is 0.335 e. The highest BCUT2D eigenvalue weighted by Crippen LogP contribution is 2.28. The molecule has 19 heavy (non-hydrogen) atoms. The Morgan fingerprint density at radius 1 is 1.37 bits per heavy atom. The molecule has 1 amide bonds. The van der Waals surface area contributed by atoms with Gasteiger partial charge >= 0.3 is 0 Å². The molecule has 1 aliphatic heterocycles. The molecule has 1 unspecified atom stereocenters. The molecule has 0 saturated heterocycles. The highest BCUT2D eigenvalue weighted by Gasteiger charge is 2.36. The van der Waals surface area contributed by atoms with Crippen LogP contribution in [-0.2, 0) is 17.8 Å². The molecular weight excluding hydrogens is 236 g/mol. The first-order valence-corrected chi connectivity index (χ1v) is 7.01. The number of carbonyl (C=O) groups excluding carboxylic acids is 1. The molecule has 1 saturated carbocycles. The van der Waals surface area contributed by atoms with Gasteiger partial charge < -0.3 is 10.2 Å². The standard InChI is InChI=1S/C16H20N2O/c1-2-9-18(14-7-8-14)16(19)15-10-12-5-3-4-6-13(12)11-17-15/h2-6,14-15,17H,1,7-11H2. The summed E-state index contributed by atoms with van der Waals surface area (Å²) in [6.07, 6.45) is 4.91. The van der Waals surface area contributed by atoms with Crippen molar-refractivity contribution in [2.24, 2.45) is 0 Å². The van der Waals surface area contributed by atoms with Crippen LogP contribution in [0.2, 0.25) is 0 Å². The van der Waals surface area contributed by atoms with E-state index >= 15 is 0 Å². The number of nitrogens with zero attached hydrogens (tertiary/aromatic N) is 1. The lowest BCUT2D eigenvalue weighted by atomic mass is 9.95. The molecule has 1 aromatic carbocycles. The zero-order valence-corrected chi connectivity index (χ0v) is 11.1. The predicted octanol–water partition coefficient (Wildman–Crippen LogP) is 1.88. The van der Waals surface area contributed by atoms with Gasteiger partial charge in [-0.05, 0) is 30.4 Å². The van der Waals surface area contributed by atoms with E-state index in [0.29, 0.717) is 12.6 Å². The van der Waals surface area contributed by atoms with Gasteiger partial charge in [0.15, 0.2) is 0 Å². The van der Waals surface area contributed by atoms with Crippen LogP contribution in [0.25, 0.3) is 0 Å². The summed E-state index contributed by atoms with van der Waals surface area (Å²) in [6, 6.07) is 8.74.